The number of aromatic amines is 1. The second-order valence-electron chi connectivity index (χ2n) is 7.36. The highest BCUT2D eigenvalue weighted by atomic mass is 19.4. The van der Waals surface area contributed by atoms with E-state index in [-0.39, 0.29) is 17.2 Å². The molecule has 1 saturated heterocycles. The van der Waals surface area contributed by atoms with Crippen LogP contribution in [0.4, 0.5) is 13.2 Å². The molecule has 30 heavy (non-hydrogen) atoms. The Bertz CT molecular complexity index is 1130. The van der Waals surface area contributed by atoms with Crippen molar-refractivity contribution < 1.29 is 22.9 Å². The number of piperazine rings is 1. The third-order valence-electron chi connectivity index (χ3n) is 5.36. The number of alkyl halides is 3. The average Bonchev–Trinajstić information content (AvgIpc) is 2.74. The number of carbonyl (C=O) groups excluding carboxylic acids is 1. The molecule has 3 aromatic rings. The zero-order chi connectivity index (χ0) is 21.3. The summed E-state index contributed by atoms with van der Waals surface area (Å²) in [7, 11) is 0. The molecule has 4 rings (SSSR count). The van der Waals surface area contributed by atoms with Crippen LogP contribution >= 0.6 is 0 Å². The molecule has 0 bridgehead atoms. The van der Waals surface area contributed by atoms with Gasteiger partial charge in [0.25, 0.3) is 11.5 Å². The largest absolute Gasteiger partial charge is 0.416 e. The molecule has 0 spiro atoms. The smallest absolute Gasteiger partial charge is 0.328 e. The number of fused-ring (bicyclic) bond motifs is 1. The average molecular weight is 417 g/mol. The number of amides is 1. The normalized spacial score (nSPS) is 15.5. The molecule has 0 aliphatic carbocycles. The SMILES string of the molecule is O=C(c1n[nH]c(=O)c2ccccc12)N1CC[NH+](Cc2cccc(C(F)(F)F)c2)CC1. The van der Waals surface area contributed by atoms with Gasteiger partial charge in [-0.2, -0.15) is 18.3 Å². The number of benzene rings is 2. The Hall–Kier alpha value is -3.20. The molecule has 156 valence electrons. The topological polar surface area (TPSA) is 70.5 Å². The summed E-state index contributed by atoms with van der Waals surface area (Å²) in [6.07, 6.45) is -4.36. The van der Waals surface area contributed by atoms with Crippen LogP contribution in [0, 0.1) is 0 Å². The number of H-pyrrole nitrogens is 1. The van der Waals surface area contributed by atoms with Crippen LogP contribution in [0.3, 0.4) is 0 Å². The van der Waals surface area contributed by atoms with Crippen LogP contribution in [0.25, 0.3) is 10.8 Å². The highest BCUT2D eigenvalue weighted by molar-refractivity contribution is 6.04. The number of quaternary nitrogens is 1. The van der Waals surface area contributed by atoms with E-state index in [1.54, 1.807) is 35.2 Å². The number of nitrogens with zero attached hydrogens (tertiary/aromatic N) is 2. The first-order chi connectivity index (χ1) is 14.3. The molecule has 6 nitrogen and oxygen atoms in total. The van der Waals surface area contributed by atoms with Crippen molar-refractivity contribution in [1.29, 1.82) is 0 Å². The van der Waals surface area contributed by atoms with Crippen LogP contribution in [-0.4, -0.2) is 47.2 Å². The quantitative estimate of drug-likeness (QED) is 0.679. The zero-order valence-corrected chi connectivity index (χ0v) is 16.0. The van der Waals surface area contributed by atoms with Gasteiger partial charge in [-0.1, -0.05) is 30.3 Å². The van der Waals surface area contributed by atoms with Gasteiger partial charge in [0.2, 0.25) is 0 Å². The van der Waals surface area contributed by atoms with Crippen LogP contribution in [-0.2, 0) is 12.7 Å². The summed E-state index contributed by atoms with van der Waals surface area (Å²) in [5.41, 5.74) is -0.179. The molecule has 2 heterocycles. The number of hydrogen-bond acceptors (Lipinski definition) is 3. The summed E-state index contributed by atoms with van der Waals surface area (Å²) in [6.45, 7) is 2.61. The van der Waals surface area contributed by atoms with E-state index in [4.69, 9.17) is 0 Å². The van der Waals surface area contributed by atoms with Crippen LogP contribution in [0.2, 0.25) is 0 Å². The molecule has 0 saturated carbocycles. The molecular formula is C21H20F3N4O2+. The van der Waals surface area contributed by atoms with Gasteiger partial charge in [0.15, 0.2) is 5.69 Å². The fourth-order valence-electron chi connectivity index (χ4n) is 3.78. The Morgan fingerprint density at radius 3 is 2.47 bits per heavy atom. The number of nitrogens with one attached hydrogen (secondary N) is 2. The van der Waals surface area contributed by atoms with E-state index >= 15 is 0 Å². The Labute approximate surface area is 169 Å². The first-order valence-corrected chi connectivity index (χ1v) is 9.59. The van der Waals surface area contributed by atoms with Crippen molar-refractivity contribution in [1.82, 2.24) is 15.1 Å². The van der Waals surface area contributed by atoms with Gasteiger partial charge in [-0.25, -0.2) is 5.10 Å². The highest BCUT2D eigenvalue weighted by Gasteiger charge is 2.31. The van der Waals surface area contributed by atoms with Crippen molar-refractivity contribution in [2.24, 2.45) is 0 Å². The summed E-state index contributed by atoms with van der Waals surface area (Å²) in [4.78, 5) is 27.6. The van der Waals surface area contributed by atoms with Crippen molar-refractivity contribution in [2.45, 2.75) is 12.7 Å². The minimum Gasteiger partial charge on any atom is -0.328 e. The van der Waals surface area contributed by atoms with Crippen molar-refractivity contribution in [3.63, 3.8) is 0 Å². The van der Waals surface area contributed by atoms with E-state index in [2.05, 4.69) is 10.2 Å². The van der Waals surface area contributed by atoms with E-state index in [0.717, 1.165) is 11.0 Å². The monoisotopic (exact) mass is 417 g/mol. The lowest BCUT2D eigenvalue weighted by Crippen LogP contribution is -3.13. The minimum atomic E-state index is -4.36. The minimum absolute atomic E-state index is 0.200. The number of rotatable bonds is 3. The van der Waals surface area contributed by atoms with E-state index in [1.807, 2.05) is 0 Å². The predicted octanol–water partition coefficient (Wildman–Crippen LogP) is 1.48. The number of aromatic nitrogens is 2. The van der Waals surface area contributed by atoms with E-state index in [0.29, 0.717) is 49.1 Å². The third-order valence-corrected chi connectivity index (χ3v) is 5.36. The van der Waals surface area contributed by atoms with Crippen LogP contribution in [0.15, 0.2) is 53.3 Å². The molecular weight excluding hydrogens is 397 g/mol. The zero-order valence-electron chi connectivity index (χ0n) is 16.0. The van der Waals surface area contributed by atoms with Gasteiger partial charge >= 0.3 is 6.18 Å². The van der Waals surface area contributed by atoms with E-state index in [1.165, 1.54) is 12.1 Å². The van der Waals surface area contributed by atoms with E-state index in [9.17, 15) is 22.8 Å². The first kappa shape index (κ1) is 20.1. The summed E-state index contributed by atoms with van der Waals surface area (Å²) in [5.74, 6) is -0.263. The number of halogens is 3. The van der Waals surface area contributed by atoms with Gasteiger partial charge in [-0.3, -0.25) is 9.59 Å². The van der Waals surface area contributed by atoms with Crippen LogP contribution in [0.5, 0.6) is 0 Å². The fraction of sp³-hybridized carbons (Fsp3) is 0.286. The van der Waals surface area contributed by atoms with Crippen LogP contribution in [0.1, 0.15) is 21.6 Å². The summed E-state index contributed by atoms with van der Waals surface area (Å²) < 4.78 is 38.7. The second kappa shape index (κ2) is 7.91. The van der Waals surface area contributed by atoms with Crippen molar-refractivity contribution in [3.05, 3.63) is 75.7 Å². The van der Waals surface area contributed by atoms with Gasteiger partial charge in [0, 0.05) is 10.9 Å². The molecule has 0 atom stereocenters. The second-order valence-corrected chi connectivity index (χ2v) is 7.36. The summed E-state index contributed by atoms with van der Waals surface area (Å²) in [5, 5.41) is 7.24. The molecule has 1 amide bonds. The van der Waals surface area contributed by atoms with Gasteiger partial charge in [0.1, 0.15) is 6.54 Å². The van der Waals surface area contributed by atoms with Gasteiger partial charge in [0.05, 0.1) is 37.1 Å². The lowest BCUT2D eigenvalue weighted by Gasteiger charge is -2.32. The van der Waals surface area contributed by atoms with Crippen molar-refractivity contribution in [3.8, 4) is 0 Å². The number of hydrogen-bond donors (Lipinski definition) is 2. The predicted molar refractivity (Wildman–Crippen MR) is 104 cm³/mol. The fourth-order valence-corrected chi connectivity index (χ4v) is 3.78. The molecule has 9 heteroatoms. The first-order valence-electron chi connectivity index (χ1n) is 9.59. The highest BCUT2D eigenvalue weighted by Crippen LogP contribution is 2.29. The number of carbonyl (C=O) groups is 1. The Morgan fingerprint density at radius 1 is 1.07 bits per heavy atom. The van der Waals surface area contributed by atoms with Gasteiger partial charge in [-0.05, 0) is 18.2 Å². The maximum absolute atomic E-state index is 13.0. The Balaban J connectivity index is 1.44. The summed E-state index contributed by atoms with van der Waals surface area (Å²) in [6, 6.07) is 12.2. The lowest BCUT2D eigenvalue weighted by atomic mass is 10.1. The maximum atomic E-state index is 13.0. The summed E-state index contributed by atoms with van der Waals surface area (Å²) >= 11 is 0. The Kier molecular flexibility index (Phi) is 5.29. The van der Waals surface area contributed by atoms with Gasteiger partial charge in [-0.15, -0.1) is 0 Å². The van der Waals surface area contributed by atoms with Crippen molar-refractivity contribution >= 4 is 16.7 Å². The molecule has 1 aliphatic rings. The lowest BCUT2D eigenvalue weighted by molar-refractivity contribution is -0.917. The van der Waals surface area contributed by atoms with Gasteiger partial charge < -0.3 is 9.80 Å². The molecule has 2 aromatic carbocycles. The third kappa shape index (κ3) is 4.06. The molecule has 2 N–H and O–H groups in total. The molecule has 0 radical (unpaired) electrons. The van der Waals surface area contributed by atoms with E-state index < -0.39 is 11.7 Å². The molecule has 1 aliphatic heterocycles. The Morgan fingerprint density at radius 2 is 1.77 bits per heavy atom. The molecule has 1 aromatic heterocycles. The maximum Gasteiger partial charge on any atom is 0.416 e. The molecule has 0 unspecified atom stereocenters. The standard InChI is InChI=1S/C21H19F3N4O2/c22-21(23,24)15-5-3-4-14(12-15)13-27-8-10-28(11-9-27)20(30)18-16-6-1-2-7-17(16)19(29)26-25-18/h1-7,12H,8-11,13H2,(H,26,29)/p+1. The molecule has 1 fully saturated rings. The van der Waals surface area contributed by atoms with Crippen molar-refractivity contribution in [2.75, 3.05) is 26.2 Å². The van der Waals surface area contributed by atoms with Crippen LogP contribution < -0.4 is 10.5 Å².